The molecule has 0 radical (unpaired) electrons. The normalized spacial score (nSPS) is 16.6. The summed E-state index contributed by atoms with van der Waals surface area (Å²) in [5, 5.41) is 4.84. The van der Waals surface area contributed by atoms with Gasteiger partial charge in [0, 0.05) is 17.7 Å². The van der Waals surface area contributed by atoms with Gasteiger partial charge in [0.25, 0.3) is 5.91 Å². The fourth-order valence-corrected chi connectivity index (χ4v) is 2.75. The largest absolute Gasteiger partial charge is 0.360 e. The van der Waals surface area contributed by atoms with Crippen LogP contribution < -0.4 is 5.32 Å². The summed E-state index contributed by atoms with van der Waals surface area (Å²) in [7, 11) is 0. The van der Waals surface area contributed by atoms with E-state index in [4.69, 9.17) is 4.74 Å². The lowest BCUT2D eigenvalue weighted by atomic mass is 10.1. The maximum absolute atomic E-state index is 12.9. The van der Waals surface area contributed by atoms with E-state index in [-0.39, 0.29) is 23.9 Å². The van der Waals surface area contributed by atoms with Crippen LogP contribution in [0.25, 0.3) is 0 Å². The Morgan fingerprint density at radius 1 is 1.36 bits per heavy atom. The molecule has 1 unspecified atom stereocenters. The summed E-state index contributed by atoms with van der Waals surface area (Å²) in [5.74, 6) is -1.22. The molecule has 2 heterocycles. The summed E-state index contributed by atoms with van der Waals surface area (Å²) >= 11 is 1.29. The van der Waals surface area contributed by atoms with Gasteiger partial charge in [-0.05, 0) is 24.6 Å². The van der Waals surface area contributed by atoms with Crippen molar-refractivity contribution in [3.63, 3.8) is 0 Å². The highest BCUT2D eigenvalue weighted by Crippen LogP contribution is 2.17. The van der Waals surface area contributed by atoms with Crippen LogP contribution in [-0.4, -0.2) is 29.0 Å². The van der Waals surface area contributed by atoms with Crippen molar-refractivity contribution in [1.29, 1.82) is 0 Å². The molecule has 0 bridgehead atoms. The van der Waals surface area contributed by atoms with E-state index in [0.29, 0.717) is 5.13 Å². The number of benzene rings is 1. The van der Waals surface area contributed by atoms with Gasteiger partial charge in [0.15, 0.2) is 17.0 Å². The number of hydrogen-bond acceptors (Lipinski definition) is 6. The summed E-state index contributed by atoms with van der Waals surface area (Å²) < 4.78 is 18.3. The average Bonchev–Trinajstić information content (AvgIpc) is 3.00. The zero-order valence-corrected chi connectivity index (χ0v) is 14.0. The average molecular weight is 359 g/mol. The first-order valence-corrected chi connectivity index (χ1v) is 8.28. The SMILES string of the molecule is Cc1csc(NC(=O)C2=CC(=O)C(OCc3ccc(F)cc3)C=N2)n1. The molecule has 0 saturated carbocycles. The zero-order chi connectivity index (χ0) is 17.8. The lowest BCUT2D eigenvalue weighted by Crippen LogP contribution is -2.29. The number of carbonyl (C=O) groups is 2. The van der Waals surface area contributed by atoms with E-state index < -0.39 is 12.0 Å². The molecule has 0 spiro atoms. The van der Waals surface area contributed by atoms with E-state index in [9.17, 15) is 14.0 Å². The molecule has 1 amide bonds. The van der Waals surface area contributed by atoms with Gasteiger partial charge in [-0.2, -0.15) is 0 Å². The zero-order valence-electron chi connectivity index (χ0n) is 13.2. The van der Waals surface area contributed by atoms with Crippen molar-refractivity contribution in [3.8, 4) is 0 Å². The standard InChI is InChI=1S/C17H14FN3O3S/c1-10-9-25-17(20-10)21-16(23)13-6-14(22)15(7-19-13)24-8-11-2-4-12(18)5-3-11/h2-7,9,15H,8H2,1H3,(H,20,21,23). The van der Waals surface area contributed by atoms with Crippen LogP contribution in [0.3, 0.4) is 0 Å². The van der Waals surface area contributed by atoms with Crippen molar-refractivity contribution in [2.24, 2.45) is 4.99 Å². The van der Waals surface area contributed by atoms with Gasteiger partial charge in [-0.15, -0.1) is 11.3 Å². The Kier molecular flexibility index (Phi) is 5.11. The van der Waals surface area contributed by atoms with Crippen molar-refractivity contribution in [2.45, 2.75) is 19.6 Å². The first-order chi connectivity index (χ1) is 12.0. The third kappa shape index (κ3) is 4.43. The van der Waals surface area contributed by atoms with Crippen molar-refractivity contribution in [3.05, 3.63) is 58.5 Å². The predicted molar refractivity (Wildman–Crippen MR) is 92.0 cm³/mol. The fraction of sp³-hybridized carbons (Fsp3) is 0.176. The molecule has 0 aliphatic carbocycles. The fourth-order valence-electron chi connectivity index (χ4n) is 2.06. The Morgan fingerprint density at radius 3 is 2.76 bits per heavy atom. The van der Waals surface area contributed by atoms with Crippen molar-refractivity contribution >= 4 is 34.4 Å². The van der Waals surface area contributed by atoms with Crippen LogP contribution in [0.4, 0.5) is 9.52 Å². The number of aryl methyl sites for hydroxylation is 1. The topological polar surface area (TPSA) is 80.7 Å². The number of nitrogens with one attached hydrogen (secondary N) is 1. The molecule has 1 atom stereocenters. The highest BCUT2D eigenvalue weighted by molar-refractivity contribution is 7.13. The van der Waals surface area contributed by atoms with Gasteiger partial charge in [-0.25, -0.2) is 9.37 Å². The number of halogens is 1. The smallest absolute Gasteiger partial charge is 0.276 e. The van der Waals surface area contributed by atoms with Crippen LogP contribution in [0.1, 0.15) is 11.3 Å². The van der Waals surface area contributed by atoms with Gasteiger partial charge in [0.05, 0.1) is 12.3 Å². The number of ketones is 1. The van der Waals surface area contributed by atoms with Gasteiger partial charge in [-0.3, -0.25) is 19.9 Å². The molecular formula is C17H14FN3O3S. The summed E-state index contributed by atoms with van der Waals surface area (Å²) in [4.78, 5) is 32.3. The Balaban J connectivity index is 1.57. The summed E-state index contributed by atoms with van der Waals surface area (Å²) in [6.07, 6.45) is 1.56. The molecule has 0 saturated heterocycles. The van der Waals surface area contributed by atoms with Gasteiger partial charge in [-0.1, -0.05) is 12.1 Å². The molecule has 1 aliphatic rings. The summed E-state index contributed by atoms with van der Waals surface area (Å²) in [5.41, 5.74) is 1.53. The monoisotopic (exact) mass is 359 g/mol. The second-order valence-electron chi connectivity index (χ2n) is 5.32. The van der Waals surface area contributed by atoms with Crippen molar-refractivity contribution in [2.75, 3.05) is 5.32 Å². The molecule has 1 N–H and O–H groups in total. The maximum atomic E-state index is 12.9. The molecule has 1 aromatic heterocycles. The highest BCUT2D eigenvalue weighted by atomic mass is 32.1. The van der Waals surface area contributed by atoms with Crippen LogP contribution in [0.2, 0.25) is 0 Å². The Morgan fingerprint density at radius 2 is 2.12 bits per heavy atom. The molecule has 2 aromatic rings. The van der Waals surface area contributed by atoms with E-state index in [1.807, 2.05) is 6.92 Å². The quantitative estimate of drug-likeness (QED) is 0.890. The molecule has 0 fully saturated rings. The van der Waals surface area contributed by atoms with E-state index in [1.54, 1.807) is 17.5 Å². The number of anilines is 1. The number of aliphatic imine (C=N–C) groups is 1. The minimum atomic E-state index is -0.872. The van der Waals surface area contributed by atoms with Crippen LogP contribution in [0, 0.1) is 12.7 Å². The van der Waals surface area contributed by atoms with Gasteiger partial charge in [0.2, 0.25) is 0 Å². The van der Waals surface area contributed by atoms with E-state index in [2.05, 4.69) is 15.3 Å². The van der Waals surface area contributed by atoms with Crippen LogP contribution in [-0.2, 0) is 20.9 Å². The number of rotatable bonds is 5. The van der Waals surface area contributed by atoms with E-state index in [0.717, 1.165) is 17.3 Å². The molecule has 1 aliphatic heterocycles. The molecule has 128 valence electrons. The first-order valence-electron chi connectivity index (χ1n) is 7.40. The van der Waals surface area contributed by atoms with Gasteiger partial charge in [0.1, 0.15) is 11.5 Å². The van der Waals surface area contributed by atoms with E-state index >= 15 is 0 Å². The van der Waals surface area contributed by atoms with Gasteiger partial charge < -0.3 is 4.74 Å². The van der Waals surface area contributed by atoms with Crippen LogP contribution >= 0.6 is 11.3 Å². The lowest BCUT2D eigenvalue weighted by molar-refractivity contribution is -0.123. The van der Waals surface area contributed by atoms with E-state index in [1.165, 1.54) is 29.7 Å². The Labute approximate surface area is 147 Å². The number of amides is 1. The molecule has 25 heavy (non-hydrogen) atoms. The van der Waals surface area contributed by atoms with Crippen molar-refractivity contribution in [1.82, 2.24) is 4.98 Å². The second kappa shape index (κ2) is 7.45. The predicted octanol–water partition coefficient (Wildman–Crippen LogP) is 2.65. The highest BCUT2D eigenvalue weighted by Gasteiger charge is 2.23. The molecule has 6 nitrogen and oxygen atoms in total. The number of thiazole rings is 1. The molecule has 3 rings (SSSR count). The third-order valence-electron chi connectivity index (χ3n) is 3.32. The molecular weight excluding hydrogens is 345 g/mol. The minimum Gasteiger partial charge on any atom is -0.360 e. The molecule has 1 aromatic carbocycles. The number of hydrogen-bond donors (Lipinski definition) is 1. The van der Waals surface area contributed by atoms with Crippen molar-refractivity contribution < 1.29 is 18.7 Å². The maximum Gasteiger partial charge on any atom is 0.276 e. The number of ether oxygens (including phenoxy) is 1. The summed E-state index contributed by atoms with van der Waals surface area (Å²) in [6, 6.07) is 5.78. The molecule has 8 heteroatoms. The Bertz CT molecular complexity index is 858. The number of aromatic nitrogens is 1. The Hall–Kier alpha value is -2.71. The minimum absolute atomic E-state index is 0.000477. The number of nitrogens with zero attached hydrogens (tertiary/aromatic N) is 2. The summed E-state index contributed by atoms with van der Waals surface area (Å²) in [6.45, 7) is 1.95. The third-order valence-corrected chi connectivity index (χ3v) is 4.20. The first kappa shape index (κ1) is 17.1. The van der Waals surface area contributed by atoms with Crippen LogP contribution in [0.15, 0.2) is 46.4 Å². The van der Waals surface area contributed by atoms with Crippen LogP contribution in [0.5, 0.6) is 0 Å². The second-order valence-corrected chi connectivity index (χ2v) is 6.17. The van der Waals surface area contributed by atoms with Gasteiger partial charge >= 0.3 is 0 Å². The lowest BCUT2D eigenvalue weighted by Gasteiger charge is -2.15. The number of carbonyl (C=O) groups excluding carboxylic acids is 2.